The molecule has 1 heterocycles. The maximum atomic E-state index is 6.06. The molecule has 0 aliphatic heterocycles. The molecule has 0 atom stereocenters. The van der Waals surface area contributed by atoms with E-state index in [1.165, 1.54) is 6.20 Å². The molecule has 0 radical (unpaired) electrons. The SMILES string of the molecule is COc1ccc(Cl)cc1Nc1cnnc(Nc2ccc(OC(C)C)cc2)n1. The molecule has 0 aliphatic rings. The maximum Gasteiger partial charge on any atom is 0.249 e. The first kappa shape index (κ1) is 18.7. The monoisotopic (exact) mass is 385 g/mol. The van der Waals surface area contributed by atoms with E-state index in [9.17, 15) is 0 Å². The molecular weight excluding hydrogens is 366 g/mol. The van der Waals surface area contributed by atoms with Crippen molar-refractivity contribution in [3.63, 3.8) is 0 Å². The van der Waals surface area contributed by atoms with E-state index in [0.29, 0.717) is 28.2 Å². The summed E-state index contributed by atoms with van der Waals surface area (Å²) >= 11 is 6.06. The van der Waals surface area contributed by atoms with Gasteiger partial charge in [-0.2, -0.15) is 10.1 Å². The van der Waals surface area contributed by atoms with Gasteiger partial charge in [-0.05, 0) is 56.3 Å². The van der Waals surface area contributed by atoms with Crippen LogP contribution in [0, 0.1) is 0 Å². The zero-order valence-corrected chi connectivity index (χ0v) is 16.0. The summed E-state index contributed by atoms with van der Waals surface area (Å²) in [6.07, 6.45) is 1.65. The Labute approximate surface area is 162 Å². The summed E-state index contributed by atoms with van der Waals surface area (Å²) in [5, 5.41) is 14.8. The molecule has 140 valence electrons. The molecule has 0 amide bonds. The molecule has 7 nitrogen and oxygen atoms in total. The van der Waals surface area contributed by atoms with Gasteiger partial charge in [0.15, 0.2) is 5.82 Å². The van der Waals surface area contributed by atoms with Crippen molar-refractivity contribution in [1.82, 2.24) is 15.2 Å². The summed E-state index contributed by atoms with van der Waals surface area (Å²) in [7, 11) is 1.59. The molecule has 3 rings (SSSR count). The number of benzene rings is 2. The summed E-state index contributed by atoms with van der Waals surface area (Å²) in [6.45, 7) is 3.97. The number of hydrogen-bond donors (Lipinski definition) is 2. The second kappa shape index (κ2) is 8.55. The second-order valence-electron chi connectivity index (χ2n) is 5.95. The van der Waals surface area contributed by atoms with Crippen LogP contribution in [0.25, 0.3) is 0 Å². The molecule has 0 fully saturated rings. The zero-order chi connectivity index (χ0) is 19.2. The highest BCUT2D eigenvalue weighted by Crippen LogP contribution is 2.30. The van der Waals surface area contributed by atoms with Gasteiger partial charge in [0.1, 0.15) is 11.5 Å². The fraction of sp³-hybridized carbons (Fsp3) is 0.211. The minimum atomic E-state index is 0.127. The van der Waals surface area contributed by atoms with Gasteiger partial charge < -0.3 is 20.1 Å². The first-order valence-corrected chi connectivity index (χ1v) is 8.75. The summed E-state index contributed by atoms with van der Waals surface area (Å²) in [5.41, 5.74) is 1.51. The Kier molecular flexibility index (Phi) is 5.93. The fourth-order valence-corrected chi connectivity index (χ4v) is 2.52. The van der Waals surface area contributed by atoms with Crippen LogP contribution in [0.5, 0.6) is 11.5 Å². The van der Waals surface area contributed by atoms with Gasteiger partial charge in [0.05, 0.1) is 25.1 Å². The van der Waals surface area contributed by atoms with Crippen LogP contribution in [0.1, 0.15) is 13.8 Å². The van der Waals surface area contributed by atoms with Crippen LogP contribution in [0.4, 0.5) is 23.1 Å². The van der Waals surface area contributed by atoms with Crippen LogP contribution < -0.4 is 20.1 Å². The van der Waals surface area contributed by atoms with E-state index in [1.807, 2.05) is 38.1 Å². The summed E-state index contributed by atoms with van der Waals surface area (Å²) < 4.78 is 11.0. The number of methoxy groups -OCH3 is 1. The van der Waals surface area contributed by atoms with Crippen LogP contribution in [0.3, 0.4) is 0 Å². The highest BCUT2D eigenvalue weighted by molar-refractivity contribution is 6.31. The Morgan fingerprint density at radius 3 is 2.52 bits per heavy atom. The molecule has 2 aromatic carbocycles. The number of anilines is 4. The average Bonchev–Trinajstić information content (AvgIpc) is 2.63. The topological polar surface area (TPSA) is 81.2 Å². The quantitative estimate of drug-likeness (QED) is 0.604. The lowest BCUT2D eigenvalue weighted by Gasteiger charge is -2.12. The van der Waals surface area contributed by atoms with Crippen LogP contribution in [-0.4, -0.2) is 28.4 Å². The third kappa shape index (κ3) is 5.21. The van der Waals surface area contributed by atoms with Crippen molar-refractivity contribution in [2.75, 3.05) is 17.7 Å². The van der Waals surface area contributed by atoms with Crippen LogP contribution >= 0.6 is 11.6 Å². The van der Waals surface area contributed by atoms with E-state index in [4.69, 9.17) is 21.1 Å². The Balaban J connectivity index is 1.73. The molecule has 27 heavy (non-hydrogen) atoms. The van der Waals surface area contributed by atoms with Gasteiger partial charge >= 0.3 is 0 Å². The number of ether oxygens (including phenoxy) is 2. The van der Waals surface area contributed by atoms with Crippen LogP contribution in [0.2, 0.25) is 5.02 Å². The van der Waals surface area contributed by atoms with Gasteiger partial charge in [-0.15, -0.1) is 5.10 Å². The predicted octanol–water partition coefficient (Wildman–Crippen LogP) is 4.81. The van der Waals surface area contributed by atoms with Gasteiger partial charge in [0, 0.05) is 10.7 Å². The Morgan fingerprint density at radius 2 is 1.81 bits per heavy atom. The summed E-state index contributed by atoms with van der Waals surface area (Å²) in [5.74, 6) is 2.32. The molecule has 1 aromatic heterocycles. The average molecular weight is 386 g/mol. The molecule has 0 saturated carbocycles. The summed E-state index contributed by atoms with van der Waals surface area (Å²) in [4.78, 5) is 4.41. The smallest absolute Gasteiger partial charge is 0.249 e. The van der Waals surface area contributed by atoms with E-state index in [-0.39, 0.29) is 6.10 Å². The molecule has 0 spiro atoms. The van der Waals surface area contributed by atoms with Crippen molar-refractivity contribution in [2.24, 2.45) is 0 Å². The Bertz CT molecular complexity index is 903. The largest absolute Gasteiger partial charge is 0.495 e. The molecule has 0 aliphatic carbocycles. The van der Waals surface area contributed by atoms with Gasteiger partial charge in [0.25, 0.3) is 0 Å². The summed E-state index contributed by atoms with van der Waals surface area (Å²) in [6, 6.07) is 12.8. The first-order chi connectivity index (χ1) is 13.0. The molecule has 0 unspecified atom stereocenters. The van der Waals surface area contributed by atoms with Crippen molar-refractivity contribution < 1.29 is 9.47 Å². The second-order valence-corrected chi connectivity index (χ2v) is 6.39. The van der Waals surface area contributed by atoms with E-state index >= 15 is 0 Å². The molecule has 2 N–H and O–H groups in total. The minimum absolute atomic E-state index is 0.127. The number of hydrogen-bond acceptors (Lipinski definition) is 7. The Morgan fingerprint density at radius 1 is 1.04 bits per heavy atom. The lowest BCUT2D eigenvalue weighted by Crippen LogP contribution is -2.05. The van der Waals surface area contributed by atoms with E-state index in [2.05, 4.69) is 25.8 Å². The number of rotatable bonds is 7. The van der Waals surface area contributed by atoms with Gasteiger partial charge in [-0.3, -0.25) is 0 Å². The highest BCUT2D eigenvalue weighted by atomic mass is 35.5. The molecule has 8 heteroatoms. The Hall–Kier alpha value is -3.06. The third-order valence-electron chi connectivity index (χ3n) is 3.47. The van der Waals surface area contributed by atoms with Crippen LogP contribution in [0.15, 0.2) is 48.7 Å². The van der Waals surface area contributed by atoms with Gasteiger partial charge in [-0.25, -0.2) is 0 Å². The van der Waals surface area contributed by atoms with E-state index in [0.717, 1.165) is 11.4 Å². The molecule has 0 saturated heterocycles. The molecule has 3 aromatic rings. The van der Waals surface area contributed by atoms with Crippen molar-refractivity contribution in [3.8, 4) is 11.5 Å². The third-order valence-corrected chi connectivity index (χ3v) is 3.70. The van der Waals surface area contributed by atoms with Gasteiger partial charge in [-0.1, -0.05) is 11.6 Å². The lowest BCUT2D eigenvalue weighted by atomic mass is 10.3. The normalized spacial score (nSPS) is 10.6. The van der Waals surface area contributed by atoms with E-state index < -0.39 is 0 Å². The number of aromatic nitrogens is 3. The predicted molar refractivity (Wildman–Crippen MR) is 107 cm³/mol. The van der Waals surface area contributed by atoms with Crippen molar-refractivity contribution in [3.05, 3.63) is 53.7 Å². The molecular formula is C19H20ClN5O2. The fourth-order valence-electron chi connectivity index (χ4n) is 2.35. The standard InChI is InChI=1S/C19H20ClN5O2/c1-12(2)27-15-7-5-14(6-8-15)22-19-24-18(11-21-25-19)23-16-10-13(20)4-9-17(16)26-3/h4-12H,1-3H3,(H2,22,23,24,25). The van der Waals surface area contributed by atoms with E-state index in [1.54, 1.807) is 25.3 Å². The number of halogens is 1. The van der Waals surface area contributed by atoms with Crippen molar-refractivity contribution >= 4 is 34.7 Å². The number of nitrogens with zero attached hydrogens (tertiary/aromatic N) is 3. The lowest BCUT2D eigenvalue weighted by molar-refractivity contribution is 0.242. The highest BCUT2D eigenvalue weighted by Gasteiger charge is 2.07. The van der Waals surface area contributed by atoms with Crippen LogP contribution in [-0.2, 0) is 0 Å². The maximum absolute atomic E-state index is 6.06. The van der Waals surface area contributed by atoms with Gasteiger partial charge in [0.2, 0.25) is 5.95 Å². The first-order valence-electron chi connectivity index (χ1n) is 8.37. The molecule has 0 bridgehead atoms. The number of nitrogens with one attached hydrogen (secondary N) is 2. The minimum Gasteiger partial charge on any atom is -0.495 e. The van der Waals surface area contributed by atoms with Crippen molar-refractivity contribution in [2.45, 2.75) is 20.0 Å². The van der Waals surface area contributed by atoms with Crippen molar-refractivity contribution in [1.29, 1.82) is 0 Å². The zero-order valence-electron chi connectivity index (χ0n) is 15.2.